The van der Waals surface area contributed by atoms with Crippen LogP contribution >= 0.6 is 22.9 Å². The Labute approximate surface area is 159 Å². The minimum atomic E-state index is -0.761. The summed E-state index contributed by atoms with van der Waals surface area (Å²) in [6, 6.07) is 15.4. The van der Waals surface area contributed by atoms with Crippen LogP contribution in [0.2, 0.25) is 5.02 Å². The molecule has 3 aromatic rings. The van der Waals surface area contributed by atoms with Gasteiger partial charge in [-0.2, -0.15) is 0 Å². The highest BCUT2D eigenvalue weighted by Crippen LogP contribution is 2.25. The highest BCUT2D eigenvalue weighted by atomic mass is 35.5. The van der Waals surface area contributed by atoms with Crippen LogP contribution in [0.3, 0.4) is 0 Å². The van der Waals surface area contributed by atoms with Crippen molar-refractivity contribution in [3.05, 3.63) is 65.2 Å². The fourth-order valence-electron chi connectivity index (χ4n) is 2.17. The van der Waals surface area contributed by atoms with E-state index in [1.807, 2.05) is 30.3 Å². The Bertz CT molecular complexity index is 930. The van der Waals surface area contributed by atoms with Gasteiger partial charge in [0.1, 0.15) is 11.0 Å². The van der Waals surface area contributed by atoms with Crippen molar-refractivity contribution in [2.75, 3.05) is 5.32 Å². The van der Waals surface area contributed by atoms with Crippen LogP contribution in [0.4, 0.5) is 5.13 Å². The second-order valence-electron chi connectivity index (χ2n) is 5.44. The number of amides is 2. The van der Waals surface area contributed by atoms with Crippen molar-refractivity contribution in [3.8, 4) is 10.6 Å². The van der Waals surface area contributed by atoms with Crippen LogP contribution in [0.5, 0.6) is 0 Å². The standard InChI is InChI=1S/C18H15ClN4O2S/c1-11(20-16(25)13-9-5-6-10-14(13)19)15(24)21-18-23-22-17(26-18)12-7-3-2-4-8-12/h2-11H,1H3,(H,20,25)(H,21,23,24)/t11-/m1/s1. The summed E-state index contributed by atoms with van der Waals surface area (Å²) >= 11 is 7.26. The molecule has 2 aromatic carbocycles. The van der Waals surface area contributed by atoms with Crippen molar-refractivity contribution in [2.45, 2.75) is 13.0 Å². The summed E-state index contributed by atoms with van der Waals surface area (Å²) in [6.45, 7) is 1.59. The van der Waals surface area contributed by atoms with Crippen molar-refractivity contribution < 1.29 is 9.59 Å². The number of nitrogens with zero attached hydrogens (tertiary/aromatic N) is 2. The van der Waals surface area contributed by atoms with E-state index in [1.165, 1.54) is 11.3 Å². The molecular formula is C18H15ClN4O2S. The number of rotatable bonds is 5. The molecule has 8 heteroatoms. The van der Waals surface area contributed by atoms with Gasteiger partial charge in [-0.3, -0.25) is 14.9 Å². The number of nitrogens with one attached hydrogen (secondary N) is 2. The van der Waals surface area contributed by atoms with Gasteiger partial charge in [-0.25, -0.2) is 0 Å². The summed E-state index contributed by atoms with van der Waals surface area (Å²) in [5.74, 6) is -0.804. The summed E-state index contributed by atoms with van der Waals surface area (Å²) in [5, 5.41) is 14.7. The molecule has 26 heavy (non-hydrogen) atoms. The van der Waals surface area contributed by atoms with E-state index in [4.69, 9.17) is 11.6 Å². The topological polar surface area (TPSA) is 84.0 Å². The number of halogens is 1. The number of hydrogen-bond acceptors (Lipinski definition) is 5. The molecule has 2 amide bonds. The normalized spacial score (nSPS) is 11.6. The van der Waals surface area contributed by atoms with Crippen LogP contribution in [-0.4, -0.2) is 28.1 Å². The SMILES string of the molecule is C[C@@H](NC(=O)c1ccccc1Cl)C(=O)Nc1nnc(-c2ccccc2)s1. The molecule has 0 saturated carbocycles. The molecule has 0 aliphatic rings. The number of carbonyl (C=O) groups excluding carboxylic acids is 2. The maximum absolute atomic E-state index is 12.3. The lowest BCUT2D eigenvalue weighted by Crippen LogP contribution is -2.41. The van der Waals surface area contributed by atoms with E-state index in [1.54, 1.807) is 31.2 Å². The van der Waals surface area contributed by atoms with Gasteiger partial charge in [0.15, 0.2) is 0 Å². The molecule has 1 heterocycles. The predicted octanol–water partition coefficient (Wildman–Crippen LogP) is 3.62. The van der Waals surface area contributed by atoms with E-state index in [0.29, 0.717) is 20.7 Å². The minimum absolute atomic E-state index is 0.316. The fraction of sp³-hybridized carbons (Fsp3) is 0.111. The zero-order chi connectivity index (χ0) is 18.5. The molecule has 1 atom stereocenters. The van der Waals surface area contributed by atoms with Crippen LogP contribution in [0.15, 0.2) is 54.6 Å². The van der Waals surface area contributed by atoms with Gasteiger partial charge < -0.3 is 5.32 Å². The average Bonchev–Trinajstić information content (AvgIpc) is 3.11. The molecule has 0 saturated heterocycles. The quantitative estimate of drug-likeness (QED) is 0.701. The second-order valence-corrected chi connectivity index (χ2v) is 6.83. The third-order valence-electron chi connectivity index (χ3n) is 3.54. The van der Waals surface area contributed by atoms with E-state index in [2.05, 4.69) is 20.8 Å². The first-order valence-corrected chi connectivity index (χ1v) is 8.99. The molecule has 0 bridgehead atoms. The lowest BCUT2D eigenvalue weighted by Gasteiger charge is -2.13. The van der Waals surface area contributed by atoms with E-state index >= 15 is 0 Å². The van der Waals surface area contributed by atoms with Gasteiger partial charge in [0.2, 0.25) is 11.0 Å². The molecule has 0 aliphatic heterocycles. The van der Waals surface area contributed by atoms with Gasteiger partial charge in [-0.1, -0.05) is 65.4 Å². The van der Waals surface area contributed by atoms with E-state index < -0.39 is 11.9 Å². The lowest BCUT2D eigenvalue weighted by atomic mass is 10.2. The smallest absolute Gasteiger partial charge is 0.253 e. The van der Waals surface area contributed by atoms with Gasteiger partial charge >= 0.3 is 0 Å². The number of benzene rings is 2. The number of aromatic nitrogens is 2. The summed E-state index contributed by atoms with van der Waals surface area (Å²) in [5.41, 5.74) is 1.24. The lowest BCUT2D eigenvalue weighted by molar-refractivity contribution is -0.117. The third-order valence-corrected chi connectivity index (χ3v) is 4.75. The van der Waals surface area contributed by atoms with E-state index in [-0.39, 0.29) is 5.91 Å². The highest BCUT2D eigenvalue weighted by molar-refractivity contribution is 7.18. The average molecular weight is 387 g/mol. The van der Waals surface area contributed by atoms with Gasteiger partial charge in [-0.15, -0.1) is 10.2 Å². The van der Waals surface area contributed by atoms with Crippen LogP contribution < -0.4 is 10.6 Å². The van der Waals surface area contributed by atoms with Crippen LogP contribution in [0.25, 0.3) is 10.6 Å². The Morgan fingerprint density at radius 2 is 1.73 bits per heavy atom. The molecule has 0 aliphatic carbocycles. The molecule has 132 valence electrons. The van der Waals surface area contributed by atoms with Crippen molar-refractivity contribution in [1.29, 1.82) is 0 Å². The Hall–Kier alpha value is -2.77. The summed E-state index contributed by atoms with van der Waals surface area (Å²) < 4.78 is 0. The number of carbonyl (C=O) groups is 2. The Morgan fingerprint density at radius 3 is 2.46 bits per heavy atom. The Kier molecular flexibility index (Phi) is 5.60. The maximum atomic E-state index is 12.3. The molecule has 2 N–H and O–H groups in total. The number of hydrogen-bond donors (Lipinski definition) is 2. The first-order valence-electron chi connectivity index (χ1n) is 7.80. The first kappa shape index (κ1) is 18.0. The van der Waals surface area contributed by atoms with Gasteiger partial charge in [0, 0.05) is 5.56 Å². The molecule has 0 spiro atoms. The van der Waals surface area contributed by atoms with Gasteiger partial charge in [0.05, 0.1) is 10.6 Å². The van der Waals surface area contributed by atoms with Crippen molar-refractivity contribution in [3.63, 3.8) is 0 Å². The molecule has 1 aromatic heterocycles. The van der Waals surface area contributed by atoms with Crippen molar-refractivity contribution >= 4 is 39.9 Å². The zero-order valence-corrected chi connectivity index (χ0v) is 15.3. The largest absolute Gasteiger partial charge is 0.340 e. The summed E-state index contributed by atoms with van der Waals surface area (Å²) in [7, 11) is 0. The fourth-order valence-corrected chi connectivity index (χ4v) is 3.14. The predicted molar refractivity (Wildman–Crippen MR) is 102 cm³/mol. The molecule has 3 rings (SSSR count). The molecule has 0 radical (unpaired) electrons. The number of anilines is 1. The Balaban J connectivity index is 1.62. The van der Waals surface area contributed by atoms with Gasteiger partial charge in [0.25, 0.3) is 5.91 Å². The third kappa shape index (κ3) is 4.25. The Morgan fingerprint density at radius 1 is 1.04 bits per heavy atom. The van der Waals surface area contributed by atoms with Crippen LogP contribution in [0, 0.1) is 0 Å². The highest BCUT2D eigenvalue weighted by Gasteiger charge is 2.19. The van der Waals surface area contributed by atoms with E-state index in [9.17, 15) is 9.59 Å². The van der Waals surface area contributed by atoms with Crippen molar-refractivity contribution in [2.24, 2.45) is 0 Å². The molecular weight excluding hydrogens is 372 g/mol. The monoisotopic (exact) mass is 386 g/mol. The minimum Gasteiger partial charge on any atom is -0.340 e. The molecule has 6 nitrogen and oxygen atoms in total. The van der Waals surface area contributed by atoms with Gasteiger partial charge in [-0.05, 0) is 19.1 Å². The zero-order valence-electron chi connectivity index (χ0n) is 13.8. The summed E-state index contributed by atoms with van der Waals surface area (Å²) in [6.07, 6.45) is 0. The molecule has 0 fully saturated rings. The van der Waals surface area contributed by atoms with Crippen LogP contribution in [-0.2, 0) is 4.79 Å². The van der Waals surface area contributed by atoms with E-state index in [0.717, 1.165) is 5.56 Å². The van der Waals surface area contributed by atoms with Crippen molar-refractivity contribution in [1.82, 2.24) is 15.5 Å². The van der Waals surface area contributed by atoms with Crippen LogP contribution in [0.1, 0.15) is 17.3 Å². The maximum Gasteiger partial charge on any atom is 0.253 e. The second kappa shape index (κ2) is 8.07. The molecule has 0 unspecified atom stereocenters. The first-order chi connectivity index (χ1) is 12.5. The summed E-state index contributed by atoms with van der Waals surface area (Å²) in [4.78, 5) is 24.5.